The number of aromatic nitrogens is 1. The number of hydrogen-bond donors (Lipinski definition) is 0. The van der Waals surface area contributed by atoms with Gasteiger partial charge in [-0.15, -0.1) is 0 Å². The Bertz CT molecular complexity index is 279. The molecule has 0 N–H and O–H groups in total. The molecule has 0 amide bonds. The Morgan fingerprint density at radius 1 is 1.33 bits per heavy atom. The summed E-state index contributed by atoms with van der Waals surface area (Å²) in [5.74, 6) is 1.98. The number of oxazole rings is 1. The van der Waals surface area contributed by atoms with E-state index in [4.69, 9.17) is 9.15 Å². The summed E-state index contributed by atoms with van der Waals surface area (Å²) in [5, 5.41) is 0. The maximum Gasteiger partial charge on any atom is 0.393 e. The molecule has 15 heavy (non-hydrogen) atoms. The van der Waals surface area contributed by atoms with Crippen LogP contribution in [-0.2, 0) is 0 Å². The first-order valence-electron chi connectivity index (χ1n) is 5.68. The van der Waals surface area contributed by atoms with Crippen LogP contribution in [0.3, 0.4) is 0 Å². The summed E-state index contributed by atoms with van der Waals surface area (Å²) >= 11 is 0. The highest BCUT2D eigenvalue weighted by Crippen LogP contribution is 2.19. The number of nitrogens with zero attached hydrogens (tertiary/aromatic N) is 1. The van der Waals surface area contributed by atoms with Crippen LogP contribution in [0.2, 0.25) is 0 Å². The van der Waals surface area contributed by atoms with Crippen molar-refractivity contribution in [2.24, 2.45) is 5.92 Å². The van der Waals surface area contributed by atoms with Gasteiger partial charge in [0.15, 0.2) is 0 Å². The Labute approximate surface area is 91.8 Å². The first kappa shape index (κ1) is 12.1. The first-order valence-corrected chi connectivity index (χ1v) is 5.68. The van der Waals surface area contributed by atoms with E-state index in [1.54, 1.807) is 6.20 Å². The lowest BCUT2D eigenvalue weighted by atomic mass is 10.1. The Balaban J connectivity index is 2.26. The highest BCUT2D eigenvalue weighted by molar-refractivity contribution is 5.01. The van der Waals surface area contributed by atoms with E-state index in [0.29, 0.717) is 18.6 Å². The van der Waals surface area contributed by atoms with Crippen LogP contribution < -0.4 is 4.74 Å². The van der Waals surface area contributed by atoms with E-state index in [1.807, 2.05) is 0 Å². The van der Waals surface area contributed by atoms with Gasteiger partial charge < -0.3 is 9.15 Å². The van der Waals surface area contributed by atoms with Crippen molar-refractivity contribution in [2.75, 3.05) is 6.61 Å². The minimum atomic E-state index is 0.366. The van der Waals surface area contributed by atoms with E-state index < -0.39 is 0 Å². The molecular weight excluding hydrogens is 190 g/mol. The minimum absolute atomic E-state index is 0.366. The third-order valence-electron chi connectivity index (χ3n) is 2.22. The molecule has 86 valence electrons. The molecule has 1 rings (SSSR count). The van der Waals surface area contributed by atoms with Crippen molar-refractivity contribution in [1.29, 1.82) is 0 Å². The van der Waals surface area contributed by atoms with E-state index in [1.165, 1.54) is 6.42 Å². The van der Waals surface area contributed by atoms with E-state index >= 15 is 0 Å². The molecule has 0 aromatic carbocycles. The maximum atomic E-state index is 5.42. The summed E-state index contributed by atoms with van der Waals surface area (Å²) < 4.78 is 10.8. The zero-order chi connectivity index (χ0) is 11.3. The summed E-state index contributed by atoms with van der Waals surface area (Å²) in [7, 11) is 0. The van der Waals surface area contributed by atoms with Gasteiger partial charge in [0.1, 0.15) is 5.76 Å². The van der Waals surface area contributed by atoms with Crippen LogP contribution in [0.25, 0.3) is 0 Å². The summed E-state index contributed by atoms with van der Waals surface area (Å²) in [6, 6.07) is 0. The second-order valence-corrected chi connectivity index (χ2v) is 4.57. The van der Waals surface area contributed by atoms with Crippen LogP contribution in [0.4, 0.5) is 0 Å². The van der Waals surface area contributed by atoms with Gasteiger partial charge in [-0.1, -0.05) is 27.7 Å². The number of hydrogen-bond acceptors (Lipinski definition) is 3. The van der Waals surface area contributed by atoms with E-state index in [2.05, 4.69) is 32.7 Å². The molecule has 0 fully saturated rings. The Kier molecular flexibility index (Phi) is 4.66. The van der Waals surface area contributed by atoms with Crippen molar-refractivity contribution in [3.05, 3.63) is 12.0 Å². The average Bonchev–Trinajstić information content (AvgIpc) is 2.60. The topological polar surface area (TPSA) is 35.3 Å². The molecule has 0 aliphatic heterocycles. The first-order chi connectivity index (χ1) is 7.09. The normalized spacial score (nSPS) is 11.3. The van der Waals surface area contributed by atoms with Crippen molar-refractivity contribution in [1.82, 2.24) is 4.98 Å². The number of ether oxygens (including phenoxy) is 1. The van der Waals surface area contributed by atoms with Gasteiger partial charge in [0.25, 0.3) is 0 Å². The van der Waals surface area contributed by atoms with Gasteiger partial charge >= 0.3 is 6.08 Å². The van der Waals surface area contributed by atoms with Crippen molar-refractivity contribution < 1.29 is 9.15 Å². The predicted molar refractivity (Wildman–Crippen MR) is 60.2 cm³/mol. The molecule has 1 heterocycles. The Morgan fingerprint density at radius 2 is 2.07 bits per heavy atom. The van der Waals surface area contributed by atoms with Gasteiger partial charge in [0, 0.05) is 5.92 Å². The van der Waals surface area contributed by atoms with Gasteiger partial charge in [-0.2, -0.15) is 4.98 Å². The van der Waals surface area contributed by atoms with Crippen LogP contribution in [0.5, 0.6) is 6.08 Å². The van der Waals surface area contributed by atoms with Gasteiger partial charge in [-0.25, -0.2) is 0 Å². The lowest BCUT2D eigenvalue weighted by molar-refractivity contribution is 0.214. The molecule has 0 spiro atoms. The largest absolute Gasteiger partial charge is 0.450 e. The fraction of sp³-hybridized carbons (Fsp3) is 0.750. The van der Waals surface area contributed by atoms with Crippen molar-refractivity contribution in [3.8, 4) is 6.08 Å². The second kappa shape index (κ2) is 5.79. The minimum Gasteiger partial charge on any atom is -0.450 e. The fourth-order valence-electron chi connectivity index (χ4n) is 1.25. The summed E-state index contributed by atoms with van der Waals surface area (Å²) in [6.45, 7) is 9.26. The molecule has 0 bridgehead atoms. The molecule has 1 aromatic heterocycles. The van der Waals surface area contributed by atoms with Gasteiger partial charge in [-0.3, -0.25) is 0 Å². The van der Waals surface area contributed by atoms with E-state index in [9.17, 15) is 0 Å². The SMILES string of the molecule is CC(C)CCCOc1ncc(C(C)C)o1. The smallest absolute Gasteiger partial charge is 0.393 e. The summed E-state index contributed by atoms with van der Waals surface area (Å²) in [6.07, 6.45) is 4.37. The van der Waals surface area contributed by atoms with Gasteiger partial charge in [0.2, 0.25) is 0 Å². The molecule has 0 aliphatic rings. The molecule has 0 saturated heterocycles. The molecular formula is C12H21NO2. The summed E-state index contributed by atoms with van der Waals surface area (Å²) in [4.78, 5) is 4.07. The quantitative estimate of drug-likeness (QED) is 0.674. The molecule has 3 heteroatoms. The lowest BCUT2D eigenvalue weighted by Crippen LogP contribution is -1.99. The van der Waals surface area contributed by atoms with Crippen LogP contribution in [0, 0.1) is 5.92 Å². The zero-order valence-corrected chi connectivity index (χ0v) is 10.1. The average molecular weight is 211 g/mol. The van der Waals surface area contributed by atoms with Crippen molar-refractivity contribution in [2.45, 2.75) is 46.5 Å². The maximum absolute atomic E-state index is 5.42. The van der Waals surface area contributed by atoms with Crippen LogP contribution in [-0.4, -0.2) is 11.6 Å². The standard InChI is InChI=1S/C12H21NO2/c1-9(2)6-5-7-14-12-13-8-11(15-12)10(3)4/h8-10H,5-7H2,1-4H3. The number of rotatable bonds is 6. The van der Waals surface area contributed by atoms with E-state index in [0.717, 1.165) is 18.1 Å². The molecule has 3 nitrogen and oxygen atoms in total. The van der Waals surface area contributed by atoms with Crippen molar-refractivity contribution in [3.63, 3.8) is 0 Å². The molecule has 0 atom stereocenters. The van der Waals surface area contributed by atoms with Crippen LogP contribution >= 0.6 is 0 Å². The highest BCUT2D eigenvalue weighted by Gasteiger charge is 2.07. The molecule has 0 radical (unpaired) electrons. The predicted octanol–water partition coefficient (Wildman–Crippen LogP) is 3.61. The van der Waals surface area contributed by atoms with Gasteiger partial charge in [-0.05, 0) is 18.8 Å². The lowest BCUT2D eigenvalue weighted by Gasteiger charge is -2.04. The van der Waals surface area contributed by atoms with Gasteiger partial charge in [0.05, 0.1) is 12.8 Å². The fourth-order valence-corrected chi connectivity index (χ4v) is 1.25. The van der Waals surface area contributed by atoms with Crippen LogP contribution in [0.1, 0.15) is 52.2 Å². The van der Waals surface area contributed by atoms with Crippen molar-refractivity contribution >= 4 is 0 Å². The summed E-state index contributed by atoms with van der Waals surface area (Å²) in [5.41, 5.74) is 0. The molecule has 0 saturated carbocycles. The molecule has 1 aromatic rings. The zero-order valence-electron chi connectivity index (χ0n) is 10.1. The Morgan fingerprint density at radius 3 is 2.60 bits per heavy atom. The third kappa shape index (κ3) is 4.36. The van der Waals surface area contributed by atoms with E-state index in [-0.39, 0.29) is 0 Å². The Hall–Kier alpha value is -0.990. The monoisotopic (exact) mass is 211 g/mol. The molecule has 0 unspecified atom stereocenters. The molecule has 0 aliphatic carbocycles. The highest BCUT2D eigenvalue weighted by atomic mass is 16.6. The van der Waals surface area contributed by atoms with Crippen LogP contribution in [0.15, 0.2) is 10.6 Å². The third-order valence-corrected chi connectivity index (χ3v) is 2.22. The second-order valence-electron chi connectivity index (χ2n) is 4.57.